The van der Waals surface area contributed by atoms with Crippen LogP contribution in [0.5, 0.6) is 0 Å². The Bertz CT molecular complexity index is 284. The molecular formula is C20H41NO2. The number of nitrogens with two attached hydrogens (primary N) is 1. The Morgan fingerprint density at radius 2 is 1.26 bits per heavy atom. The van der Waals surface area contributed by atoms with Crippen LogP contribution < -0.4 is 5.73 Å². The van der Waals surface area contributed by atoms with Crippen LogP contribution in [-0.4, -0.2) is 16.6 Å². The predicted octanol–water partition coefficient (Wildman–Crippen LogP) is 5.91. The minimum Gasteiger partial charge on any atom is -0.481 e. The fraction of sp³-hybridized carbons (Fsp3) is 0.950. The van der Waals surface area contributed by atoms with Gasteiger partial charge in [-0.15, -0.1) is 0 Å². The first-order chi connectivity index (χ1) is 10.9. The minimum absolute atomic E-state index is 0.0862. The van der Waals surface area contributed by atoms with Crippen molar-refractivity contribution in [3.63, 3.8) is 0 Å². The molecule has 1 unspecified atom stereocenters. The largest absolute Gasteiger partial charge is 0.481 e. The summed E-state index contributed by atoms with van der Waals surface area (Å²) in [5.74, 6) is -0.643. The highest BCUT2D eigenvalue weighted by Gasteiger charge is 2.26. The number of carbonyl (C=O) groups is 1. The fourth-order valence-corrected chi connectivity index (χ4v) is 3.18. The fourth-order valence-electron chi connectivity index (χ4n) is 3.18. The van der Waals surface area contributed by atoms with Crippen LogP contribution in [0.2, 0.25) is 0 Å². The van der Waals surface area contributed by atoms with Gasteiger partial charge in [0, 0.05) is 12.0 Å². The SMILES string of the molecule is CCCCCCCCCCCCCCC(CC(=O)O)C(C)(C)N. The molecule has 3 N–H and O–H groups in total. The van der Waals surface area contributed by atoms with Crippen LogP contribution in [0.15, 0.2) is 0 Å². The predicted molar refractivity (Wildman–Crippen MR) is 99.7 cm³/mol. The summed E-state index contributed by atoms with van der Waals surface area (Å²) < 4.78 is 0. The normalized spacial score (nSPS) is 13.2. The molecule has 0 aromatic carbocycles. The van der Waals surface area contributed by atoms with E-state index in [4.69, 9.17) is 10.8 Å². The van der Waals surface area contributed by atoms with Crippen molar-refractivity contribution >= 4 is 5.97 Å². The highest BCUT2D eigenvalue weighted by molar-refractivity contribution is 5.67. The molecular weight excluding hydrogens is 286 g/mol. The summed E-state index contributed by atoms with van der Waals surface area (Å²) in [5, 5.41) is 8.98. The van der Waals surface area contributed by atoms with Crippen LogP contribution in [0.1, 0.15) is 111 Å². The molecule has 0 aromatic rings. The zero-order chi connectivity index (χ0) is 17.6. The molecule has 0 heterocycles. The summed E-state index contributed by atoms with van der Waals surface area (Å²) in [4.78, 5) is 10.9. The second-order valence-corrected chi connectivity index (χ2v) is 7.79. The van der Waals surface area contributed by atoms with E-state index >= 15 is 0 Å². The second kappa shape index (κ2) is 13.8. The summed E-state index contributed by atoms with van der Waals surface area (Å²) in [7, 11) is 0. The third kappa shape index (κ3) is 14.7. The Balaban J connectivity index is 3.48. The van der Waals surface area contributed by atoms with E-state index in [9.17, 15) is 4.79 Å². The van der Waals surface area contributed by atoms with E-state index in [2.05, 4.69) is 6.92 Å². The van der Waals surface area contributed by atoms with Gasteiger partial charge in [-0.25, -0.2) is 0 Å². The first-order valence-corrected chi connectivity index (χ1v) is 9.88. The van der Waals surface area contributed by atoms with Gasteiger partial charge in [0.2, 0.25) is 0 Å². The van der Waals surface area contributed by atoms with Gasteiger partial charge in [-0.1, -0.05) is 84.0 Å². The van der Waals surface area contributed by atoms with E-state index in [-0.39, 0.29) is 12.3 Å². The molecule has 0 aliphatic rings. The Hall–Kier alpha value is -0.570. The zero-order valence-corrected chi connectivity index (χ0v) is 15.9. The highest BCUT2D eigenvalue weighted by Crippen LogP contribution is 2.24. The molecule has 0 saturated carbocycles. The van der Waals surface area contributed by atoms with Gasteiger partial charge >= 0.3 is 5.97 Å². The molecule has 3 heteroatoms. The molecule has 0 spiro atoms. The lowest BCUT2D eigenvalue weighted by Gasteiger charge is -2.29. The lowest BCUT2D eigenvalue weighted by atomic mass is 9.82. The van der Waals surface area contributed by atoms with Crippen LogP contribution in [0.4, 0.5) is 0 Å². The van der Waals surface area contributed by atoms with Crippen LogP contribution in [-0.2, 0) is 4.79 Å². The lowest BCUT2D eigenvalue weighted by Crippen LogP contribution is -2.41. The first kappa shape index (κ1) is 22.4. The Labute approximate surface area is 144 Å². The number of carboxylic acid groups (broad SMARTS) is 1. The molecule has 138 valence electrons. The van der Waals surface area contributed by atoms with Crippen molar-refractivity contribution in [1.82, 2.24) is 0 Å². The topological polar surface area (TPSA) is 63.3 Å². The molecule has 23 heavy (non-hydrogen) atoms. The van der Waals surface area contributed by atoms with E-state index < -0.39 is 11.5 Å². The van der Waals surface area contributed by atoms with Crippen molar-refractivity contribution < 1.29 is 9.90 Å². The molecule has 0 amide bonds. The van der Waals surface area contributed by atoms with Crippen LogP contribution >= 0.6 is 0 Å². The van der Waals surface area contributed by atoms with Crippen molar-refractivity contribution in [3.8, 4) is 0 Å². The summed E-state index contributed by atoms with van der Waals surface area (Å²) >= 11 is 0. The molecule has 0 aliphatic heterocycles. The van der Waals surface area contributed by atoms with Crippen LogP contribution in [0.3, 0.4) is 0 Å². The molecule has 0 rings (SSSR count). The van der Waals surface area contributed by atoms with E-state index in [1.54, 1.807) is 0 Å². The molecule has 0 bridgehead atoms. The second-order valence-electron chi connectivity index (χ2n) is 7.79. The van der Waals surface area contributed by atoms with Gasteiger partial charge in [-0.2, -0.15) is 0 Å². The van der Waals surface area contributed by atoms with Gasteiger partial charge in [0.1, 0.15) is 0 Å². The van der Waals surface area contributed by atoms with Crippen molar-refractivity contribution in [2.45, 2.75) is 116 Å². The smallest absolute Gasteiger partial charge is 0.303 e. The maximum absolute atomic E-state index is 10.9. The van der Waals surface area contributed by atoms with Gasteiger partial charge in [-0.3, -0.25) is 4.79 Å². The van der Waals surface area contributed by atoms with E-state index in [0.29, 0.717) is 0 Å². The molecule has 0 aromatic heterocycles. The quantitative estimate of drug-likeness (QED) is 0.347. The van der Waals surface area contributed by atoms with E-state index in [0.717, 1.165) is 12.8 Å². The monoisotopic (exact) mass is 327 g/mol. The maximum Gasteiger partial charge on any atom is 0.303 e. The maximum atomic E-state index is 10.9. The van der Waals surface area contributed by atoms with E-state index in [1.165, 1.54) is 70.6 Å². The highest BCUT2D eigenvalue weighted by atomic mass is 16.4. The minimum atomic E-state index is -0.729. The van der Waals surface area contributed by atoms with Crippen molar-refractivity contribution in [1.29, 1.82) is 0 Å². The van der Waals surface area contributed by atoms with Crippen molar-refractivity contribution in [3.05, 3.63) is 0 Å². The Morgan fingerprint density at radius 1 is 0.870 bits per heavy atom. The van der Waals surface area contributed by atoms with Gasteiger partial charge < -0.3 is 10.8 Å². The van der Waals surface area contributed by atoms with Crippen LogP contribution in [0.25, 0.3) is 0 Å². The van der Waals surface area contributed by atoms with Crippen molar-refractivity contribution in [2.75, 3.05) is 0 Å². The number of hydrogen-bond donors (Lipinski definition) is 2. The summed E-state index contributed by atoms with van der Waals surface area (Å²) in [6, 6.07) is 0. The van der Waals surface area contributed by atoms with Gasteiger partial charge in [0.15, 0.2) is 0 Å². The zero-order valence-electron chi connectivity index (χ0n) is 15.9. The number of carboxylic acids is 1. The summed E-state index contributed by atoms with van der Waals surface area (Å²) in [6.45, 7) is 6.15. The van der Waals surface area contributed by atoms with Gasteiger partial charge in [0.05, 0.1) is 0 Å². The van der Waals surface area contributed by atoms with E-state index in [1.807, 2.05) is 13.8 Å². The van der Waals surface area contributed by atoms with Gasteiger partial charge in [-0.05, 0) is 26.2 Å². The molecule has 0 aliphatic carbocycles. The molecule has 0 radical (unpaired) electrons. The van der Waals surface area contributed by atoms with Gasteiger partial charge in [0.25, 0.3) is 0 Å². The third-order valence-corrected chi connectivity index (χ3v) is 4.88. The molecule has 0 fully saturated rings. The van der Waals surface area contributed by atoms with Crippen molar-refractivity contribution in [2.24, 2.45) is 11.7 Å². The molecule has 1 atom stereocenters. The third-order valence-electron chi connectivity index (χ3n) is 4.88. The molecule has 0 saturated heterocycles. The molecule has 3 nitrogen and oxygen atoms in total. The summed E-state index contributed by atoms with van der Waals surface area (Å²) in [5.41, 5.74) is 5.71. The average molecular weight is 328 g/mol. The first-order valence-electron chi connectivity index (χ1n) is 9.88. The average Bonchev–Trinajstić information content (AvgIpc) is 2.45. The number of rotatable bonds is 16. The standard InChI is InChI=1S/C20H41NO2/c1-4-5-6-7-8-9-10-11-12-13-14-15-16-18(17-19(22)23)20(2,3)21/h18H,4-17,21H2,1-3H3,(H,22,23). The summed E-state index contributed by atoms with van der Waals surface area (Å²) in [6.07, 6.45) is 17.1. The lowest BCUT2D eigenvalue weighted by molar-refractivity contribution is -0.138. The number of hydrogen-bond acceptors (Lipinski definition) is 2. The van der Waals surface area contributed by atoms with Crippen LogP contribution in [0, 0.1) is 5.92 Å². The number of aliphatic carboxylic acids is 1. The Morgan fingerprint density at radius 3 is 1.61 bits per heavy atom. The number of unbranched alkanes of at least 4 members (excludes halogenated alkanes) is 11. The Kier molecular flexibility index (Phi) is 13.5.